The SMILES string of the molecule is O=C(Nc1ccc2[nH]c3nc4ccccc4nc3c2c1)N1CCSCC1. The van der Waals surface area contributed by atoms with Gasteiger partial charge >= 0.3 is 6.03 Å². The summed E-state index contributed by atoms with van der Waals surface area (Å²) < 4.78 is 0. The van der Waals surface area contributed by atoms with Crippen LogP contribution in [0.2, 0.25) is 0 Å². The smallest absolute Gasteiger partial charge is 0.321 e. The van der Waals surface area contributed by atoms with Crippen LogP contribution in [0.25, 0.3) is 33.1 Å². The van der Waals surface area contributed by atoms with Crippen LogP contribution in [0.5, 0.6) is 0 Å². The number of nitrogens with one attached hydrogen (secondary N) is 2. The molecule has 0 spiro atoms. The zero-order valence-electron chi connectivity index (χ0n) is 14.0. The van der Waals surface area contributed by atoms with Crippen molar-refractivity contribution in [3.05, 3.63) is 42.5 Å². The Morgan fingerprint density at radius 1 is 1.08 bits per heavy atom. The molecular formula is C19H17N5OS. The van der Waals surface area contributed by atoms with Crippen molar-refractivity contribution in [1.82, 2.24) is 19.9 Å². The second-order valence-electron chi connectivity index (χ2n) is 6.32. The van der Waals surface area contributed by atoms with Crippen LogP contribution in [0.4, 0.5) is 10.5 Å². The molecule has 0 bridgehead atoms. The molecule has 2 aromatic carbocycles. The maximum absolute atomic E-state index is 12.5. The van der Waals surface area contributed by atoms with Gasteiger partial charge in [-0.25, -0.2) is 14.8 Å². The molecule has 2 aromatic heterocycles. The number of carbonyl (C=O) groups is 1. The van der Waals surface area contributed by atoms with E-state index in [2.05, 4.69) is 15.3 Å². The lowest BCUT2D eigenvalue weighted by molar-refractivity contribution is 0.217. The molecule has 7 heteroatoms. The van der Waals surface area contributed by atoms with Gasteiger partial charge in [0.2, 0.25) is 0 Å². The molecule has 1 fully saturated rings. The molecule has 2 amide bonds. The minimum absolute atomic E-state index is 0.0407. The molecule has 1 aliphatic rings. The molecule has 1 saturated heterocycles. The zero-order chi connectivity index (χ0) is 17.5. The van der Waals surface area contributed by atoms with Gasteiger partial charge in [-0.3, -0.25) is 0 Å². The number of benzene rings is 2. The van der Waals surface area contributed by atoms with Crippen molar-refractivity contribution >= 4 is 56.6 Å². The Labute approximate surface area is 154 Å². The second kappa shape index (κ2) is 6.17. The number of hydrogen-bond donors (Lipinski definition) is 2. The molecule has 0 aliphatic carbocycles. The van der Waals surface area contributed by atoms with Crippen LogP contribution < -0.4 is 5.32 Å². The number of nitrogens with zero attached hydrogens (tertiary/aromatic N) is 3. The highest BCUT2D eigenvalue weighted by molar-refractivity contribution is 7.99. The van der Waals surface area contributed by atoms with Gasteiger partial charge < -0.3 is 15.2 Å². The van der Waals surface area contributed by atoms with E-state index in [9.17, 15) is 4.79 Å². The standard InChI is InChI=1S/C19H17N5OS/c25-19(24-7-9-26-10-8-24)20-12-5-6-14-13(11-12)17-18(22-14)23-16-4-2-1-3-15(16)21-17/h1-6,11H,7-10H2,(H,20,25)(H,22,23). The molecular weight excluding hydrogens is 346 g/mol. The molecule has 4 aromatic rings. The predicted molar refractivity (Wildman–Crippen MR) is 107 cm³/mol. The molecule has 0 saturated carbocycles. The maximum Gasteiger partial charge on any atom is 0.321 e. The minimum atomic E-state index is -0.0407. The van der Waals surface area contributed by atoms with Crippen molar-refractivity contribution < 1.29 is 4.79 Å². The summed E-state index contributed by atoms with van der Waals surface area (Å²) in [6.07, 6.45) is 0. The van der Waals surface area contributed by atoms with Crippen molar-refractivity contribution in [2.75, 3.05) is 29.9 Å². The molecule has 5 rings (SSSR count). The van der Waals surface area contributed by atoms with Gasteiger partial charge in [0.25, 0.3) is 0 Å². The summed E-state index contributed by atoms with van der Waals surface area (Å²) in [6.45, 7) is 1.59. The third-order valence-corrected chi connectivity index (χ3v) is 5.59. The maximum atomic E-state index is 12.5. The van der Waals surface area contributed by atoms with Crippen LogP contribution in [0.3, 0.4) is 0 Å². The van der Waals surface area contributed by atoms with E-state index in [0.717, 1.165) is 63.4 Å². The summed E-state index contributed by atoms with van der Waals surface area (Å²) in [5, 5.41) is 3.97. The summed E-state index contributed by atoms with van der Waals surface area (Å²) in [4.78, 5) is 27.0. The number of hydrogen-bond acceptors (Lipinski definition) is 4. The van der Waals surface area contributed by atoms with E-state index in [-0.39, 0.29) is 6.03 Å². The number of fused-ring (bicyclic) bond motifs is 4. The highest BCUT2D eigenvalue weighted by Crippen LogP contribution is 2.27. The zero-order valence-corrected chi connectivity index (χ0v) is 14.8. The first-order chi connectivity index (χ1) is 12.8. The fraction of sp³-hybridized carbons (Fsp3) is 0.211. The van der Waals surface area contributed by atoms with Gasteiger partial charge in [0.15, 0.2) is 5.65 Å². The van der Waals surface area contributed by atoms with Gasteiger partial charge in [0.05, 0.1) is 11.0 Å². The molecule has 0 radical (unpaired) electrons. The van der Waals surface area contributed by atoms with Crippen molar-refractivity contribution in [3.8, 4) is 0 Å². The van der Waals surface area contributed by atoms with Crippen molar-refractivity contribution in [2.24, 2.45) is 0 Å². The Morgan fingerprint density at radius 2 is 1.85 bits per heavy atom. The van der Waals surface area contributed by atoms with E-state index in [1.165, 1.54) is 0 Å². The Morgan fingerprint density at radius 3 is 2.65 bits per heavy atom. The molecule has 3 heterocycles. The second-order valence-corrected chi connectivity index (χ2v) is 7.55. The lowest BCUT2D eigenvalue weighted by Crippen LogP contribution is -2.40. The molecule has 6 nitrogen and oxygen atoms in total. The normalized spacial score (nSPS) is 15.0. The number of aromatic nitrogens is 3. The first kappa shape index (κ1) is 15.5. The number of aromatic amines is 1. The first-order valence-corrected chi connectivity index (χ1v) is 9.75. The fourth-order valence-electron chi connectivity index (χ4n) is 3.30. The topological polar surface area (TPSA) is 73.9 Å². The van der Waals surface area contributed by atoms with Crippen LogP contribution in [0.15, 0.2) is 42.5 Å². The lowest BCUT2D eigenvalue weighted by atomic mass is 10.2. The van der Waals surface area contributed by atoms with Gasteiger partial charge in [0, 0.05) is 41.2 Å². The number of H-pyrrole nitrogens is 1. The number of amides is 2. The molecule has 2 N–H and O–H groups in total. The van der Waals surface area contributed by atoms with Gasteiger partial charge in [-0.15, -0.1) is 0 Å². The van der Waals surface area contributed by atoms with Crippen molar-refractivity contribution in [2.45, 2.75) is 0 Å². The van der Waals surface area contributed by atoms with E-state index in [1.54, 1.807) is 0 Å². The summed E-state index contributed by atoms with van der Waals surface area (Å²) in [5.74, 6) is 2.00. The summed E-state index contributed by atoms with van der Waals surface area (Å²) in [6, 6.07) is 13.6. The van der Waals surface area contributed by atoms with Crippen LogP contribution in [-0.4, -0.2) is 50.5 Å². The van der Waals surface area contributed by atoms with Crippen LogP contribution >= 0.6 is 11.8 Å². The molecule has 0 unspecified atom stereocenters. The molecule has 1 aliphatic heterocycles. The summed E-state index contributed by atoms with van der Waals surface area (Å²) in [7, 11) is 0. The van der Waals surface area contributed by atoms with Gasteiger partial charge in [-0.05, 0) is 30.3 Å². The van der Waals surface area contributed by atoms with Crippen molar-refractivity contribution in [1.29, 1.82) is 0 Å². The molecule has 26 heavy (non-hydrogen) atoms. The highest BCUT2D eigenvalue weighted by atomic mass is 32.2. The number of rotatable bonds is 1. The Hall–Kier alpha value is -2.80. The summed E-state index contributed by atoms with van der Waals surface area (Å²) >= 11 is 1.89. The lowest BCUT2D eigenvalue weighted by Gasteiger charge is -2.26. The first-order valence-electron chi connectivity index (χ1n) is 8.60. The van der Waals surface area contributed by atoms with Gasteiger partial charge in [0.1, 0.15) is 5.52 Å². The van der Waals surface area contributed by atoms with E-state index >= 15 is 0 Å². The largest absolute Gasteiger partial charge is 0.338 e. The average molecular weight is 363 g/mol. The average Bonchev–Trinajstić information content (AvgIpc) is 3.03. The van der Waals surface area contributed by atoms with Crippen molar-refractivity contribution in [3.63, 3.8) is 0 Å². The van der Waals surface area contributed by atoms with E-state index in [4.69, 9.17) is 4.98 Å². The third kappa shape index (κ3) is 2.64. The van der Waals surface area contributed by atoms with E-state index in [1.807, 2.05) is 59.1 Å². The van der Waals surface area contributed by atoms with E-state index < -0.39 is 0 Å². The Kier molecular flexibility index (Phi) is 3.67. The Balaban J connectivity index is 1.54. The van der Waals surface area contributed by atoms with Gasteiger partial charge in [-0.2, -0.15) is 11.8 Å². The summed E-state index contributed by atoms with van der Waals surface area (Å²) in [5.41, 5.74) is 5.04. The predicted octanol–water partition coefficient (Wildman–Crippen LogP) is 3.85. The third-order valence-electron chi connectivity index (χ3n) is 4.65. The number of carbonyl (C=O) groups excluding carboxylic acids is 1. The number of thioether (sulfide) groups is 1. The van der Waals surface area contributed by atoms with Crippen LogP contribution in [0, 0.1) is 0 Å². The number of anilines is 1. The Bertz CT molecular complexity index is 1130. The van der Waals surface area contributed by atoms with E-state index in [0.29, 0.717) is 0 Å². The fourth-order valence-corrected chi connectivity index (χ4v) is 4.20. The van der Waals surface area contributed by atoms with Crippen LogP contribution in [-0.2, 0) is 0 Å². The van der Waals surface area contributed by atoms with Gasteiger partial charge in [-0.1, -0.05) is 12.1 Å². The molecule has 130 valence electrons. The number of urea groups is 1. The minimum Gasteiger partial charge on any atom is -0.338 e. The monoisotopic (exact) mass is 363 g/mol. The number of para-hydroxylation sites is 2. The quantitative estimate of drug-likeness (QED) is 0.539. The highest BCUT2D eigenvalue weighted by Gasteiger charge is 2.17. The van der Waals surface area contributed by atoms with Crippen LogP contribution in [0.1, 0.15) is 0 Å². The molecule has 0 atom stereocenters.